The number of carbonyl (C=O) groups excluding carboxylic acids is 2. The van der Waals surface area contributed by atoms with Gasteiger partial charge in [0.25, 0.3) is 11.8 Å². The highest BCUT2D eigenvalue weighted by Crippen LogP contribution is 2.26. The monoisotopic (exact) mass is 445 g/mol. The van der Waals surface area contributed by atoms with Crippen LogP contribution in [-0.2, 0) is 5.41 Å². The zero-order valence-electron chi connectivity index (χ0n) is 18.0. The molecule has 2 amide bonds. The summed E-state index contributed by atoms with van der Waals surface area (Å²) in [6.07, 6.45) is 1.68. The van der Waals surface area contributed by atoms with Crippen LogP contribution in [0, 0.1) is 0 Å². The van der Waals surface area contributed by atoms with Crippen LogP contribution < -0.4 is 10.6 Å². The van der Waals surface area contributed by atoms with Crippen LogP contribution in [0.3, 0.4) is 0 Å². The molecule has 3 aromatic heterocycles. The molecule has 0 aliphatic carbocycles. The second-order valence-corrected chi connectivity index (χ2v) is 9.18. The van der Waals surface area contributed by atoms with Crippen LogP contribution in [0.5, 0.6) is 0 Å². The molecule has 0 spiro atoms. The number of hydrogen-bond acceptors (Lipinski definition) is 5. The van der Waals surface area contributed by atoms with Gasteiger partial charge in [-0.3, -0.25) is 9.59 Å². The second-order valence-electron chi connectivity index (χ2n) is 8.23. The molecule has 0 atom stereocenters. The van der Waals surface area contributed by atoms with Gasteiger partial charge in [0.05, 0.1) is 10.6 Å². The Hall–Kier alpha value is -3.78. The number of thiophene rings is 1. The molecule has 0 fully saturated rings. The number of nitrogens with zero attached hydrogens (tertiary/aromatic N) is 3. The summed E-state index contributed by atoms with van der Waals surface area (Å²) in [6.45, 7) is 6.19. The summed E-state index contributed by atoms with van der Waals surface area (Å²) < 4.78 is 1.63. The first-order chi connectivity index (χ1) is 15.3. The largest absolute Gasteiger partial charge is 0.321 e. The van der Waals surface area contributed by atoms with E-state index in [2.05, 4.69) is 41.5 Å². The molecule has 7 nitrogen and oxygen atoms in total. The molecule has 0 aliphatic heterocycles. The molecule has 0 bridgehead atoms. The van der Waals surface area contributed by atoms with E-state index < -0.39 is 0 Å². The lowest BCUT2D eigenvalue weighted by Crippen LogP contribution is -2.16. The van der Waals surface area contributed by atoms with E-state index >= 15 is 0 Å². The third kappa shape index (κ3) is 4.76. The molecule has 0 saturated carbocycles. The lowest BCUT2D eigenvalue weighted by molar-refractivity contribution is 0.102. The molecule has 4 rings (SSSR count). The summed E-state index contributed by atoms with van der Waals surface area (Å²) in [5.41, 5.74) is 1.73. The maximum Gasteiger partial charge on any atom is 0.265 e. The minimum atomic E-state index is -0.279. The van der Waals surface area contributed by atoms with Gasteiger partial charge in [0.1, 0.15) is 5.82 Å². The Labute approximate surface area is 190 Å². The zero-order valence-corrected chi connectivity index (χ0v) is 18.8. The Morgan fingerprint density at radius 3 is 2.34 bits per heavy atom. The Morgan fingerprint density at radius 1 is 0.938 bits per heavy atom. The van der Waals surface area contributed by atoms with Gasteiger partial charge < -0.3 is 10.6 Å². The number of pyridine rings is 1. The van der Waals surface area contributed by atoms with Gasteiger partial charge in [-0.15, -0.1) is 11.3 Å². The number of carbonyl (C=O) groups is 2. The summed E-state index contributed by atoms with van der Waals surface area (Å²) in [5.74, 6) is 0.698. The lowest BCUT2D eigenvalue weighted by atomic mass is 9.92. The number of hydrogen-bond donors (Lipinski definition) is 2. The van der Waals surface area contributed by atoms with Crippen molar-refractivity contribution in [3.8, 4) is 5.82 Å². The highest BCUT2D eigenvalue weighted by molar-refractivity contribution is 7.12. The zero-order chi connectivity index (χ0) is 22.7. The van der Waals surface area contributed by atoms with E-state index in [0.717, 1.165) is 5.69 Å². The second kappa shape index (κ2) is 8.76. The molecule has 4 aromatic rings. The van der Waals surface area contributed by atoms with Crippen molar-refractivity contribution in [2.75, 3.05) is 10.6 Å². The normalized spacial score (nSPS) is 11.2. The minimum absolute atomic E-state index is 0.175. The van der Waals surface area contributed by atoms with Gasteiger partial charge >= 0.3 is 0 Å². The predicted octanol–water partition coefficient (Wildman–Crippen LogP) is 5.13. The third-order valence-electron chi connectivity index (χ3n) is 4.74. The van der Waals surface area contributed by atoms with Gasteiger partial charge in [0.15, 0.2) is 5.82 Å². The molecule has 32 heavy (non-hydrogen) atoms. The van der Waals surface area contributed by atoms with Gasteiger partial charge in [-0.1, -0.05) is 32.9 Å². The van der Waals surface area contributed by atoms with Crippen LogP contribution in [0.25, 0.3) is 5.82 Å². The number of amides is 2. The summed E-state index contributed by atoms with van der Waals surface area (Å²) in [7, 11) is 0. The van der Waals surface area contributed by atoms with E-state index in [1.165, 1.54) is 11.3 Å². The first-order valence-corrected chi connectivity index (χ1v) is 11.0. The SMILES string of the molecule is CC(C)(C)c1cc(NC(=O)c2ccc(NC(=O)c3cccs3)cc2)n(-c2ccccn2)n1. The van der Waals surface area contributed by atoms with Crippen LogP contribution >= 0.6 is 11.3 Å². The Bertz CT molecular complexity index is 1220. The van der Waals surface area contributed by atoms with Crippen molar-refractivity contribution >= 4 is 34.7 Å². The molecule has 0 unspecified atom stereocenters. The van der Waals surface area contributed by atoms with Crippen LogP contribution in [0.1, 0.15) is 46.5 Å². The standard InChI is InChI=1S/C24H23N5O2S/c1-24(2,3)19-15-21(29(28-19)20-8-4-5-13-25-20)27-22(30)16-9-11-17(12-10-16)26-23(31)18-7-6-14-32-18/h4-15H,1-3H3,(H,26,31)(H,27,30). The van der Waals surface area contributed by atoms with Gasteiger partial charge in [0, 0.05) is 28.9 Å². The lowest BCUT2D eigenvalue weighted by Gasteiger charge is -2.13. The third-order valence-corrected chi connectivity index (χ3v) is 5.60. The van der Waals surface area contributed by atoms with Crippen molar-refractivity contribution < 1.29 is 9.59 Å². The molecule has 0 saturated heterocycles. The molecule has 0 radical (unpaired) electrons. The Kier molecular flexibility index (Phi) is 5.87. The fourth-order valence-electron chi connectivity index (χ4n) is 2.98. The first kappa shape index (κ1) is 21.5. The maximum absolute atomic E-state index is 12.9. The van der Waals surface area contributed by atoms with Crippen LogP contribution in [0.15, 0.2) is 72.2 Å². The van der Waals surface area contributed by atoms with Crippen molar-refractivity contribution in [2.45, 2.75) is 26.2 Å². The average Bonchev–Trinajstić information content (AvgIpc) is 3.45. The Morgan fingerprint density at radius 2 is 1.72 bits per heavy atom. The van der Waals surface area contributed by atoms with Crippen molar-refractivity contribution in [1.82, 2.24) is 14.8 Å². The fraction of sp³-hybridized carbons (Fsp3) is 0.167. The molecule has 2 N–H and O–H groups in total. The van der Waals surface area contributed by atoms with E-state index in [4.69, 9.17) is 0 Å². The summed E-state index contributed by atoms with van der Waals surface area (Å²) in [4.78, 5) is 30.1. The number of aromatic nitrogens is 3. The highest BCUT2D eigenvalue weighted by Gasteiger charge is 2.22. The molecule has 0 aliphatic rings. The average molecular weight is 446 g/mol. The van der Waals surface area contributed by atoms with E-state index in [1.54, 1.807) is 41.2 Å². The van der Waals surface area contributed by atoms with Crippen molar-refractivity contribution in [3.63, 3.8) is 0 Å². The van der Waals surface area contributed by atoms with Gasteiger partial charge in [-0.25, -0.2) is 4.98 Å². The maximum atomic E-state index is 12.9. The van der Waals surface area contributed by atoms with Crippen molar-refractivity contribution in [1.29, 1.82) is 0 Å². The molecule has 8 heteroatoms. The predicted molar refractivity (Wildman–Crippen MR) is 127 cm³/mol. The highest BCUT2D eigenvalue weighted by atomic mass is 32.1. The van der Waals surface area contributed by atoms with E-state index in [0.29, 0.717) is 27.8 Å². The fourth-order valence-corrected chi connectivity index (χ4v) is 3.60. The van der Waals surface area contributed by atoms with E-state index in [1.807, 2.05) is 35.7 Å². The first-order valence-electron chi connectivity index (χ1n) is 10.1. The quantitative estimate of drug-likeness (QED) is 0.446. The van der Waals surface area contributed by atoms with E-state index in [9.17, 15) is 9.59 Å². The molecular weight excluding hydrogens is 422 g/mol. The summed E-state index contributed by atoms with van der Waals surface area (Å²) in [6, 6.07) is 17.7. The van der Waals surface area contributed by atoms with Crippen LogP contribution in [0.4, 0.5) is 11.5 Å². The Balaban J connectivity index is 1.53. The molecular formula is C24H23N5O2S. The number of anilines is 2. The minimum Gasteiger partial charge on any atom is -0.321 e. The number of rotatable bonds is 5. The summed E-state index contributed by atoms with van der Waals surface area (Å²) in [5, 5.41) is 12.3. The summed E-state index contributed by atoms with van der Waals surface area (Å²) >= 11 is 1.37. The number of nitrogens with one attached hydrogen (secondary N) is 2. The van der Waals surface area contributed by atoms with Crippen LogP contribution in [0.2, 0.25) is 0 Å². The van der Waals surface area contributed by atoms with Crippen LogP contribution in [-0.4, -0.2) is 26.6 Å². The van der Waals surface area contributed by atoms with Gasteiger partial charge in [-0.2, -0.15) is 9.78 Å². The smallest absolute Gasteiger partial charge is 0.265 e. The van der Waals surface area contributed by atoms with E-state index in [-0.39, 0.29) is 17.2 Å². The molecule has 3 heterocycles. The van der Waals surface area contributed by atoms with Gasteiger partial charge in [0.2, 0.25) is 0 Å². The van der Waals surface area contributed by atoms with Crippen molar-refractivity contribution in [2.24, 2.45) is 0 Å². The van der Waals surface area contributed by atoms with Gasteiger partial charge in [-0.05, 0) is 47.8 Å². The molecule has 1 aromatic carbocycles. The van der Waals surface area contributed by atoms with Crippen molar-refractivity contribution in [3.05, 3.63) is 88.4 Å². The number of benzene rings is 1. The molecule has 162 valence electrons. The topological polar surface area (TPSA) is 88.9 Å².